The summed E-state index contributed by atoms with van der Waals surface area (Å²) < 4.78 is 33.4. The van der Waals surface area contributed by atoms with E-state index in [-0.39, 0.29) is 16.7 Å². The second-order valence-corrected chi connectivity index (χ2v) is 10.4. The number of aryl methyl sites for hydroxylation is 3. The molecule has 3 heterocycles. The minimum atomic E-state index is -4.15. The van der Waals surface area contributed by atoms with Crippen molar-refractivity contribution in [3.05, 3.63) is 102 Å². The van der Waals surface area contributed by atoms with E-state index in [2.05, 4.69) is 14.7 Å². The number of sulfonamides is 1. The number of carbonyl (C=O) groups is 1. The molecule has 190 valence electrons. The van der Waals surface area contributed by atoms with Gasteiger partial charge in [-0.3, -0.25) is 9.78 Å². The van der Waals surface area contributed by atoms with Gasteiger partial charge in [0.1, 0.15) is 0 Å². The SMILES string of the molecule is Cc1cccc(S(=O)(=O)NC(=O)c2ccc(-c3ccc(OC(C)C)nc3)nc2CCc2ccccc2)n1. The Bertz CT molecular complexity index is 1490. The Morgan fingerprint density at radius 2 is 1.70 bits per heavy atom. The predicted molar refractivity (Wildman–Crippen MR) is 141 cm³/mol. The average Bonchev–Trinajstić information content (AvgIpc) is 2.88. The zero-order valence-electron chi connectivity index (χ0n) is 20.9. The van der Waals surface area contributed by atoms with Crippen LogP contribution in [0.15, 0.2) is 84.0 Å². The molecule has 0 radical (unpaired) electrons. The fourth-order valence-electron chi connectivity index (χ4n) is 3.71. The van der Waals surface area contributed by atoms with Crippen LogP contribution in [0.1, 0.15) is 41.2 Å². The summed E-state index contributed by atoms with van der Waals surface area (Å²) in [6.45, 7) is 5.53. The number of amides is 1. The molecule has 4 aromatic rings. The van der Waals surface area contributed by atoms with Crippen LogP contribution in [0.3, 0.4) is 0 Å². The first kappa shape index (κ1) is 26.0. The highest BCUT2D eigenvalue weighted by Crippen LogP contribution is 2.22. The molecule has 0 atom stereocenters. The van der Waals surface area contributed by atoms with Crippen molar-refractivity contribution in [3.8, 4) is 17.1 Å². The smallest absolute Gasteiger partial charge is 0.281 e. The summed E-state index contributed by atoms with van der Waals surface area (Å²) >= 11 is 0. The molecule has 3 aromatic heterocycles. The van der Waals surface area contributed by atoms with Crippen LogP contribution in [0.4, 0.5) is 0 Å². The van der Waals surface area contributed by atoms with Crippen molar-refractivity contribution in [1.82, 2.24) is 19.7 Å². The van der Waals surface area contributed by atoms with Crippen molar-refractivity contribution >= 4 is 15.9 Å². The van der Waals surface area contributed by atoms with Crippen LogP contribution in [0.5, 0.6) is 5.88 Å². The Hall–Kier alpha value is -4.11. The monoisotopic (exact) mass is 516 g/mol. The van der Waals surface area contributed by atoms with Crippen LogP contribution >= 0.6 is 0 Å². The highest BCUT2D eigenvalue weighted by atomic mass is 32.2. The van der Waals surface area contributed by atoms with Gasteiger partial charge in [0.2, 0.25) is 5.88 Å². The molecule has 0 aliphatic heterocycles. The van der Waals surface area contributed by atoms with Gasteiger partial charge in [-0.15, -0.1) is 0 Å². The molecule has 9 heteroatoms. The molecular formula is C28H28N4O4S. The number of hydrogen-bond acceptors (Lipinski definition) is 7. The molecule has 0 aliphatic carbocycles. The molecular weight excluding hydrogens is 488 g/mol. The molecule has 0 aliphatic rings. The number of nitrogens with zero attached hydrogens (tertiary/aromatic N) is 3. The van der Waals surface area contributed by atoms with E-state index in [0.29, 0.717) is 35.8 Å². The highest BCUT2D eigenvalue weighted by molar-refractivity contribution is 7.90. The van der Waals surface area contributed by atoms with Crippen molar-refractivity contribution < 1.29 is 17.9 Å². The van der Waals surface area contributed by atoms with Gasteiger partial charge in [0.05, 0.1) is 23.1 Å². The molecule has 1 amide bonds. The number of nitrogens with one attached hydrogen (secondary N) is 1. The number of aromatic nitrogens is 3. The summed E-state index contributed by atoms with van der Waals surface area (Å²) in [7, 11) is -4.15. The van der Waals surface area contributed by atoms with Crippen molar-refractivity contribution in [3.63, 3.8) is 0 Å². The van der Waals surface area contributed by atoms with E-state index in [4.69, 9.17) is 9.72 Å². The lowest BCUT2D eigenvalue weighted by Gasteiger charge is -2.13. The van der Waals surface area contributed by atoms with Crippen LogP contribution in [-0.2, 0) is 22.9 Å². The van der Waals surface area contributed by atoms with Crippen LogP contribution in [0.25, 0.3) is 11.3 Å². The van der Waals surface area contributed by atoms with E-state index in [9.17, 15) is 13.2 Å². The Labute approximate surface area is 216 Å². The van der Waals surface area contributed by atoms with Gasteiger partial charge in [0.15, 0.2) is 5.03 Å². The Balaban J connectivity index is 1.64. The molecule has 8 nitrogen and oxygen atoms in total. The Morgan fingerprint density at radius 1 is 0.919 bits per heavy atom. The number of hydrogen-bond donors (Lipinski definition) is 1. The minimum absolute atomic E-state index is 0.00476. The second kappa shape index (κ2) is 11.3. The van der Waals surface area contributed by atoms with Gasteiger partial charge in [-0.05, 0) is 69.5 Å². The quantitative estimate of drug-likeness (QED) is 0.348. The zero-order chi connectivity index (χ0) is 26.4. The molecule has 0 unspecified atom stereocenters. The van der Waals surface area contributed by atoms with Crippen LogP contribution < -0.4 is 9.46 Å². The molecule has 0 saturated carbocycles. The number of ether oxygens (including phenoxy) is 1. The highest BCUT2D eigenvalue weighted by Gasteiger charge is 2.23. The third-order valence-corrected chi connectivity index (χ3v) is 6.70. The third kappa shape index (κ3) is 6.77. The Morgan fingerprint density at radius 3 is 2.38 bits per heavy atom. The first-order chi connectivity index (χ1) is 17.7. The van der Waals surface area contributed by atoms with Crippen molar-refractivity contribution in [2.75, 3.05) is 0 Å². The van der Waals surface area contributed by atoms with E-state index in [1.54, 1.807) is 43.5 Å². The standard InChI is InChI=1S/C28H28N4O4S/c1-19(2)36-26-17-13-22(18-29-26)24-16-14-23(25(31-24)15-12-21-9-5-4-6-10-21)28(33)32-37(34,35)27-11-7-8-20(3)30-27/h4-11,13-14,16-19H,12,15H2,1-3H3,(H,32,33). The Kier molecular flexibility index (Phi) is 7.93. The number of pyridine rings is 3. The van der Waals surface area contributed by atoms with Crippen LogP contribution in [0.2, 0.25) is 0 Å². The molecule has 37 heavy (non-hydrogen) atoms. The summed E-state index contributed by atoms with van der Waals surface area (Å²) in [5.41, 5.74) is 3.64. The van der Waals surface area contributed by atoms with E-state index >= 15 is 0 Å². The minimum Gasteiger partial charge on any atom is -0.475 e. The maximum Gasteiger partial charge on any atom is 0.281 e. The lowest BCUT2D eigenvalue weighted by Crippen LogP contribution is -2.32. The third-order valence-electron chi connectivity index (χ3n) is 5.47. The fraction of sp³-hybridized carbons (Fsp3) is 0.214. The maximum absolute atomic E-state index is 13.2. The van der Waals surface area contributed by atoms with Gasteiger partial charge in [0.25, 0.3) is 15.9 Å². The molecule has 0 bridgehead atoms. The van der Waals surface area contributed by atoms with Gasteiger partial charge < -0.3 is 4.74 Å². The molecule has 0 spiro atoms. The zero-order valence-corrected chi connectivity index (χ0v) is 21.7. The molecule has 1 aromatic carbocycles. The topological polar surface area (TPSA) is 111 Å². The van der Waals surface area contributed by atoms with E-state index in [1.165, 1.54) is 6.07 Å². The summed E-state index contributed by atoms with van der Waals surface area (Å²) in [4.78, 5) is 26.3. The van der Waals surface area contributed by atoms with E-state index in [0.717, 1.165) is 11.1 Å². The van der Waals surface area contributed by atoms with Crippen molar-refractivity contribution in [2.45, 2.75) is 44.7 Å². The second-order valence-electron chi connectivity index (χ2n) is 8.78. The van der Waals surface area contributed by atoms with Gasteiger partial charge in [-0.25, -0.2) is 14.7 Å². The summed E-state index contributed by atoms with van der Waals surface area (Å²) in [5, 5.41) is -0.217. The summed E-state index contributed by atoms with van der Waals surface area (Å²) in [6.07, 6.45) is 2.73. The fourth-order valence-corrected chi connectivity index (χ4v) is 4.69. The van der Waals surface area contributed by atoms with Gasteiger partial charge in [-0.2, -0.15) is 8.42 Å². The average molecular weight is 517 g/mol. The molecule has 1 N–H and O–H groups in total. The van der Waals surface area contributed by atoms with E-state index in [1.807, 2.05) is 50.2 Å². The van der Waals surface area contributed by atoms with Crippen molar-refractivity contribution in [1.29, 1.82) is 0 Å². The maximum atomic E-state index is 13.2. The molecule has 4 rings (SSSR count). The summed E-state index contributed by atoms with van der Waals surface area (Å²) in [5.74, 6) is -0.252. The number of rotatable bonds is 9. The lowest BCUT2D eigenvalue weighted by atomic mass is 10.0. The van der Waals surface area contributed by atoms with Gasteiger partial charge in [-0.1, -0.05) is 36.4 Å². The largest absolute Gasteiger partial charge is 0.475 e. The number of benzene rings is 1. The number of carbonyl (C=O) groups excluding carboxylic acids is 1. The van der Waals surface area contributed by atoms with Gasteiger partial charge >= 0.3 is 0 Å². The normalized spacial score (nSPS) is 11.4. The first-order valence-electron chi connectivity index (χ1n) is 11.9. The van der Waals surface area contributed by atoms with Gasteiger partial charge in [0, 0.05) is 23.5 Å². The van der Waals surface area contributed by atoms with Crippen LogP contribution in [0, 0.1) is 6.92 Å². The van der Waals surface area contributed by atoms with E-state index < -0.39 is 15.9 Å². The first-order valence-corrected chi connectivity index (χ1v) is 13.4. The van der Waals surface area contributed by atoms with Crippen LogP contribution in [-0.4, -0.2) is 35.4 Å². The predicted octanol–water partition coefficient (Wildman–Crippen LogP) is 4.54. The lowest BCUT2D eigenvalue weighted by molar-refractivity contribution is 0.0980. The molecule has 0 saturated heterocycles. The summed E-state index contributed by atoms with van der Waals surface area (Å²) in [6, 6.07) is 21.3. The van der Waals surface area contributed by atoms with Crippen molar-refractivity contribution in [2.24, 2.45) is 0 Å². The molecule has 0 fully saturated rings.